The molecule has 5 nitrogen and oxygen atoms in total. The van der Waals surface area contributed by atoms with Crippen molar-refractivity contribution < 1.29 is 23.8 Å². The highest BCUT2D eigenvalue weighted by Gasteiger charge is 2.17. The number of carbonyl (C=O) groups is 2. The highest BCUT2D eigenvalue weighted by Crippen LogP contribution is 2.16. The number of esters is 2. The molecule has 0 bridgehead atoms. The average Bonchev–Trinajstić information content (AvgIpc) is 3.30. The first-order valence-corrected chi connectivity index (χ1v) is 27.5. The van der Waals surface area contributed by atoms with Gasteiger partial charge >= 0.3 is 11.9 Å². The summed E-state index contributed by atoms with van der Waals surface area (Å²) in [5.74, 6) is -0.546. The number of hydrogen-bond acceptors (Lipinski definition) is 5. The fourth-order valence-corrected chi connectivity index (χ4v) is 7.70. The van der Waals surface area contributed by atoms with Gasteiger partial charge in [0.15, 0.2) is 6.10 Å². The van der Waals surface area contributed by atoms with Gasteiger partial charge in [0.25, 0.3) is 0 Å². The largest absolute Gasteiger partial charge is 0.461 e. The molecule has 64 heavy (non-hydrogen) atoms. The highest BCUT2D eigenvalue weighted by molar-refractivity contribution is 5.71. The molecule has 0 aliphatic heterocycles. The van der Waals surface area contributed by atoms with Crippen LogP contribution >= 0.6 is 0 Å². The minimum Gasteiger partial charge on any atom is -0.461 e. The van der Waals surface area contributed by atoms with Gasteiger partial charge in [0.1, 0.15) is 6.61 Å². The summed E-state index contributed by atoms with van der Waals surface area (Å²) >= 11 is 0. The maximum atomic E-state index is 12.8. The molecule has 1 unspecified atom stereocenters. The predicted octanol–water partition coefficient (Wildman–Crippen LogP) is 18.7. The summed E-state index contributed by atoms with van der Waals surface area (Å²) in [5, 5.41) is 0. The van der Waals surface area contributed by atoms with Crippen LogP contribution in [0.25, 0.3) is 0 Å². The van der Waals surface area contributed by atoms with Gasteiger partial charge in [0.2, 0.25) is 0 Å². The van der Waals surface area contributed by atoms with Crippen LogP contribution in [0.2, 0.25) is 0 Å². The molecule has 0 amide bonds. The summed E-state index contributed by atoms with van der Waals surface area (Å²) < 4.78 is 17.3. The van der Waals surface area contributed by atoms with E-state index in [1.807, 2.05) is 12.2 Å². The Morgan fingerprint density at radius 1 is 0.375 bits per heavy atom. The summed E-state index contributed by atoms with van der Waals surface area (Å²) in [4.78, 5) is 25.3. The zero-order valence-electron chi connectivity index (χ0n) is 42.5. The van der Waals surface area contributed by atoms with Gasteiger partial charge in [-0.1, -0.05) is 254 Å². The van der Waals surface area contributed by atoms with Crippen molar-refractivity contribution in [3.63, 3.8) is 0 Å². The molecule has 0 saturated carbocycles. The first-order chi connectivity index (χ1) is 31.6. The Labute approximate surface area is 397 Å². The zero-order chi connectivity index (χ0) is 46.3. The summed E-state index contributed by atoms with van der Waals surface area (Å²) in [5.41, 5.74) is 0. The van der Waals surface area contributed by atoms with Crippen LogP contribution in [0.5, 0.6) is 0 Å². The Balaban J connectivity index is 4.31. The van der Waals surface area contributed by atoms with E-state index in [1.165, 1.54) is 161 Å². The van der Waals surface area contributed by atoms with Crippen molar-refractivity contribution in [1.82, 2.24) is 0 Å². The molecule has 0 fully saturated rings. The van der Waals surface area contributed by atoms with Crippen molar-refractivity contribution in [2.24, 2.45) is 0 Å². The van der Waals surface area contributed by atoms with Gasteiger partial charge in [-0.15, -0.1) is 0 Å². The van der Waals surface area contributed by atoms with Crippen LogP contribution in [0.1, 0.15) is 265 Å². The van der Waals surface area contributed by atoms with E-state index in [0.29, 0.717) is 13.0 Å². The van der Waals surface area contributed by atoms with Crippen molar-refractivity contribution in [3.05, 3.63) is 72.9 Å². The first kappa shape index (κ1) is 61.3. The molecule has 0 aliphatic rings. The van der Waals surface area contributed by atoms with Gasteiger partial charge in [0.05, 0.1) is 13.0 Å². The Bertz CT molecular complexity index is 1150. The first-order valence-electron chi connectivity index (χ1n) is 27.5. The van der Waals surface area contributed by atoms with Crippen LogP contribution in [0, 0.1) is 0 Å². The lowest BCUT2D eigenvalue weighted by Crippen LogP contribution is -2.30. The molecule has 0 aromatic rings. The number of hydrogen-bond donors (Lipinski definition) is 0. The molecular formula is C59H104O5. The minimum absolute atomic E-state index is 0.0284. The molecule has 0 aromatic carbocycles. The number of allylic oxidation sites excluding steroid dienone is 11. The third-order valence-electron chi connectivity index (χ3n) is 11.8. The van der Waals surface area contributed by atoms with Crippen LogP contribution in [-0.4, -0.2) is 37.9 Å². The smallest absolute Gasteiger partial charge is 0.309 e. The molecule has 0 saturated heterocycles. The normalized spacial score (nSPS) is 12.7. The van der Waals surface area contributed by atoms with E-state index < -0.39 is 6.10 Å². The third-order valence-corrected chi connectivity index (χ3v) is 11.8. The lowest BCUT2D eigenvalue weighted by molar-refractivity contribution is -0.162. The molecule has 0 N–H and O–H groups in total. The van der Waals surface area contributed by atoms with Crippen molar-refractivity contribution in [1.29, 1.82) is 0 Å². The lowest BCUT2D eigenvalue weighted by atomic mass is 10.0. The Morgan fingerprint density at radius 2 is 0.750 bits per heavy atom. The van der Waals surface area contributed by atoms with E-state index >= 15 is 0 Å². The number of unbranched alkanes of at least 4 members (excludes halogenated alkanes) is 28. The number of ether oxygens (including phenoxy) is 3. The standard InChI is InChI=1S/C59H104O5/c1-4-7-10-13-16-19-22-25-27-28-29-30-31-33-36-39-42-45-48-51-54-62-55-57(64-59(61)53-50-47-44-41-38-34-24-21-18-15-12-9-6-3)56-63-58(60)52-49-46-43-40-37-35-32-26-23-20-17-14-11-8-5-2/h8,11,17,20-21,24,26,32,37,40,46,49,57H,4-7,9-10,12-16,18-19,22-23,25,27-31,33-36,38-39,41-45,47-48,50-56H2,1-3H3/b11-8-,20-17-,24-21-,32-26-,40-37-,49-46-. The fraction of sp³-hybridized carbons (Fsp3) is 0.763. The van der Waals surface area contributed by atoms with Crippen LogP contribution in [0.15, 0.2) is 72.9 Å². The molecule has 0 spiro atoms. The van der Waals surface area contributed by atoms with Gasteiger partial charge in [0, 0.05) is 13.0 Å². The molecule has 1 atom stereocenters. The average molecular weight is 893 g/mol. The van der Waals surface area contributed by atoms with Crippen molar-refractivity contribution in [2.45, 2.75) is 271 Å². The second kappa shape index (κ2) is 54.7. The summed E-state index contributed by atoms with van der Waals surface area (Å²) in [6.07, 6.45) is 70.9. The van der Waals surface area contributed by atoms with Crippen molar-refractivity contribution in [3.8, 4) is 0 Å². The van der Waals surface area contributed by atoms with Crippen LogP contribution in [0.4, 0.5) is 0 Å². The SMILES string of the molecule is CC/C=C\C/C=C\C/C=C\C/C=C\C/C=C\CC(=O)OCC(COCCCCCCCCCCCCCCCCCCCCCC)OC(=O)CCCCCCC/C=C\CCCCCC. The zero-order valence-corrected chi connectivity index (χ0v) is 42.5. The van der Waals surface area contributed by atoms with Crippen molar-refractivity contribution >= 4 is 11.9 Å². The van der Waals surface area contributed by atoms with E-state index in [1.54, 1.807) is 0 Å². The quantitative estimate of drug-likeness (QED) is 0.0346. The van der Waals surface area contributed by atoms with Gasteiger partial charge in [-0.25, -0.2) is 0 Å². The van der Waals surface area contributed by atoms with Crippen molar-refractivity contribution in [2.75, 3.05) is 19.8 Å². The fourth-order valence-electron chi connectivity index (χ4n) is 7.70. The monoisotopic (exact) mass is 893 g/mol. The van der Waals surface area contributed by atoms with Gasteiger partial charge in [-0.2, -0.15) is 0 Å². The summed E-state index contributed by atoms with van der Waals surface area (Å²) in [7, 11) is 0. The molecule has 0 radical (unpaired) electrons. The van der Waals surface area contributed by atoms with E-state index in [9.17, 15) is 9.59 Å². The maximum absolute atomic E-state index is 12.8. The molecule has 0 heterocycles. The van der Waals surface area contributed by atoms with Gasteiger partial charge in [-0.3, -0.25) is 9.59 Å². The maximum Gasteiger partial charge on any atom is 0.309 e. The summed E-state index contributed by atoms with van der Waals surface area (Å²) in [6.45, 7) is 7.62. The lowest BCUT2D eigenvalue weighted by Gasteiger charge is -2.18. The van der Waals surface area contributed by atoms with Gasteiger partial charge < -0.3 is 14.2 Å². The van der Waals surface area contributed by atoms with E-state index in [4.69, 9.17) is 14.2 Å². The van der Waals surface area contributed by atoms with Gasteiger partial charge in [-0.05, 0) is 70.6 Å². The Kier molecular flexibility index (Phi) is 52.4. The number of carbonyl (C=O) groups excluding carboxylic acids is 2. The molecule has 0 aliphatic carbocycles. The van der Waals surface area contributed by atoms with Crippen LogP contribution < -0.4 is 0 Å². The molecule has 370 valence electrons. The minimum atomic E-state index is -0.580. The van der Waals surface area contributed by atoms with E-state index in [0.717, 1.165) is 70.6 Å². The third kappa shape index (κ3) is 52.0. The number of rotatable bonds is 50. The molecular weight excluding hydrogens is 789 g/mol. The molecule has 5 heteroatoms. The topological polar surface area (TPSA) is 61.8 Å². The summed E-state index contributed by atoms with van der Waals surface area (Å²) in [6, 6.07) is 0. The molecule has 0 aromatic heterocycles. The van der Waals surface area contributed by atoms with E-state index in [2.05, 4.69) is 81.5 Å². The van der Waals surface area contributed by atoms with Crippen LogP contribution in [0.3, 0.4) is 0 Å². The predicted molar refractivity (Wildman–Crippen MR) is 279 cm³/mol. The second-order valence-corrected chi connectivity index (χ2v) is 18.1. The van der Waals surface area contributed by atoms with E-state index in [-0.39, 0.29) is 31.6 Å². The Morgan fingerprint density at radius 3 is 1.20 bits per heavy atom. The van der Waals surface area contributed by atoms with Crippen LogP contribution in [-0.2, 0) is 23.8 Å². The second-order valence-electron chi connectivity index (χ2n) is 18.1. The highest BCUT2D eigenvalue weighted by atomic mass is 16.6. The molecule has 0 rings (SSSR count). The Hall–Kier alpha value is -2.66.